The Bertz CT molecular complexity index is 718. The van der Waals surface area contributed by atoms with Crippen molar-refractivity contribution in [2.24, 2.45) is 0 Å². The van der Waals surface area contributed by atoms with Crippen LogP contribution in [0.4, 0.5) is 5.69 Å². The topological polar surface area (TPSA) is 61.4 Å². The van der Waals surface area contributed by atoms with Gasteiger partial charge in [0.1, 0.15) is 6.04 Å². The van der Waals surface area contributed by atoms with Crippen LogP contribution in [0.5, 0.6) is 0 Å². The first kappa shape index (κ1) is 17.7. The average Bonchev–Trinajstić information content (AvgIpc) is 3.06. The van der Waals surface area contributed by atoms with Gasteiger partial charge in [0.2, 0.25) is 0 Å². The number of carboxylic acid groups (broad SMARTS) is 1. The summed E-state index contributed by atoms with van der Waals surface area (Å²) in [5.74, 6) is -0.766. The Kier molecular flexibility index (Phi) is 5.00. The number of nitrogens with one attached hydrogen (secondary N) is 2. The van der Waals surface area contributed by atoms with Crippen LogP contribution in [0.1, 0.15) is 52.0 Å². The van der Waals surface area contributed by atoms with Crippen LogP contribution in [0, 0.1) is 0 Å². The molecule has 1 aromatic rings. The number of hydrogen-bond acceptors (Lipinski definition) is 3. The van der Waals surface area contributed by atoms with Gasteiger partial charge in [-0.25, -0.2) is 0 Å². The normalized spacial score (nSPS) is 27.4. The van der Waals surface area contributed by atoms with E-state index in [9.17, 15) is 9.90 Å². The average molecular weight is 340 g/mol. The maximum absolute atomic E-state index is 11.5. The van der Waals surface area contributed by atoms with Crippen molar-refractivity contribution >= 4 is 11.7 Å². The second kappa shape index (κ2) is 7.04. The molecule has 4 nitrogen and oxygen atoms in total. The molecule has 3 rings (SSSR count). The summed E-state index contributed by atoms with van der Waals surface area (Å²) in [6.07, 6.45) is 8.15. The van der Waals surface area contributed by atoms with Crippen LogP contribution in [0.2, 0.25) is 0 Å². The SMILES string of the molecule is CC(C)=CCC/C(C)=C/C[C@]12C[C@@H](C(=O)O)N[C@H]1Nc1ccccc12. The molecule has 0 spiro atoms. The third-order valence-electron chi connectivity index (χ3n) is 5.46. The number of carboxylic acids is 1. The maximum atomic E-state index is 11.5. The molecule has 3 atom stereocenters. The summed E-state index contributed by atoms with van der Waals surface area (Å²) in [4.78, 5) is 11.5. The van der Waals surface area contributed by atoms with Gasteiger partial charge in [0.05, 0.1) is 6.17 Å². The van der Waals surface area contributed by atoms with Gasteiger partial charge in [-0.05, 0) is 58.1 Å². The fourth-order valence-corrected chi connectivity index (χ4v) is 4.06. The van der Waals surface area contributed by atoms with Crippen molar-refractivity contribution in [1.82, 2.24) is 5.32 Å². The van der Waals surface area contributed by atoms with Crippen molar-refractivity contribution < 1.29 is 9.90 Å². The van der Waals surface area contributed by atoms with Gasteiger partial charge >= 0.3 is 5.97 Å². The van der Waals surface area contributed by atoms with Crippen molar-refractivity contribution in [3.63, 3.8) is 0 Å². The van der Waals surface area contributed by atoms with E-state index in [1.807, 2.05) is 12.1 Å². The van der Waals surface area contributed by atoms with E-state index >= 15 is 0 Å². The number of aliphatic carboxylic acids is 1. The third kappa shape index (κ3) is 3.49. The lowest BCUT2D eigenvalue weighted by Crippen LogP contribution is -2.42. The lowest BCUT2D eigenvalue weighted by Gasteiger charge is -2.28. The highest BCUT2D eigenvalue weighted by Crippen LogP contribution is 2.49. The first-order chi connectivity index (χ1) is 11.9. The van der Waals surface area contributed by atoms with E-state index in [2.05, 4.69) is 55.7 Å². The highest BCUT2D eigenvalue weighted by molar-refractivity contribution is 5.76. The van der Waals surface area contributed by atoms with Crippen molar-refractivity contribution in [3.05, 3.63) is 53.1 Å². The lowest BCUT2D eigenvalue weighted by molar-refractivity contribution is -0.139. The van der Waals surface area contributed by atoms with Gasteiger partial charge in [0.15, 0.2) is 0 Å². The standard InChI is InChI=1S/C21H28N2O2/c1-14(2)7-6-8-15(3)11-12-21-13-18(19(24)25)23-20(21)22-17-10-5-4-9-16(17)21/h4-5,7,9-11,18,20,22-23H,6,8,12-13H2,1-3H3,(H,24,25)/b15-11+/t18-,20+,21+/m0/s1. The molecule has 134 valence electrons. The molecule has 3 N–H and O–H groups in total. The number of hydrogen-bond donors (Lipinski definition) is 3. The van der Waals surface area contributed by atoms with Gasteiger partial charge in [-0.15, -0.1) is 0 Å². The molecule has 1 fully saturated rings. The molecule has 0 radical (unpaired) electrons. The van der Waals surface area contributed by atoms with Crippen molar-refractivity contribution in [2.45, 2.75) is 64.1 Å². The predicted octanol–water partition coefficient (Wildman–Crippen LogP) is 4.21. The van der Waals surface area contributed by atoms with Gasteiger partial charge in [-0.2, -0.15) is 0 Å². The van der Waals surface area contributed by atoms with Gasteiger partial charge in [0, 0.05) is 11.1 Å². The Morgan fingerprint density at radius 2 is 2.04 bits per heavy atom. The summed E-state index contributed by atoms with van der Waals surface area (Å²) in [7, 11) is 0. The van der Waals surface area contributed by atoms with Crippen LogP contribution in [0.15, 0.2) is 47.6 Å². The molecule has 1 saturated heterocycles. The molecule has 0 saturated carbocycles. The Balaban J connectivity index is 1.82. The summed E-state index contributed by atoms with van der Waals surface area (Å²) < 4.78 is 0. The molecular weight excluding hydrogens is 312 g/mol. The number of rotatable bonds is 6. The van der Waals surface area contributed by atoms with E-state index in [0.717, 1.165) is 24.9 Å². The molecule has 25 heavy (non-hydrogen) atoms. The van der Waals surface area contributed by atoms with E-state index in [1.54, 1.807) is 0 Å². The molecule has 2 aliphatic rings. The number of allylic oxidation sites excluding steroid dienone is 4. The van der Waals surface area contributed by atoms with Crippen LogP contribution in [-0.4, -0.2) is 23.3 Å². The summed E-state index contributed by atoms with van der Waals surface area (Å²) in [5, 5.41) is 16.2. The van der Waals surface area contributed by atoms with E-state index in [0.29, 0.717) is 6.42 Å². The Morgan fingerprint density at radius 3 is 2.76 bits per heavy atom. The van der Waals surface area contributed by atoms with Crippen LogP contribution in [-0.2, 0) is 10.2 Å². The molecule has 0 bridgehead atoms. The number of para-hydroxylation sites is 1. The largest absolute Gasteiger partial charge is 0.480 e. The van der Waals surface area contributed by atoms with Gasteiger partial charge in [-0.3, -0.25) is 10.1 Å². The van der Waals surface area contributed by atoms with Crippen molar-refractivity contribution in [2.75, 3.05) is 5.32 Å². The molecule has 1 aromatic carbocycles. The number of carbonyl (C=O) groups is 1. The molecule has 0 amide bonds. The van der Waals surface area contributed by atoms with Crippen LogP contribution < -0.4 is 10.6 Å². The highest BCUT2D eigenvalue weighted by atomic mass is 16.4. The summed E-state index contributed by atoms with van der Waals surface area (Å²) in [5.41, 5.74) is 4.90. The van der Waals surface area contributed by atoms with Gasteiger partial charge in [0.25, 0.3) is 0 Å². The minimum Gasteiger partial charge on any atom is -0.480 e. The fraction of sp³-hybridized carbons (Fsp3) is 0.476. The molecular formula is C21H28N2O2. The molecule has 0 aromatic heterocycles. The van der Waals surface area contributed by atoms with E-state index < -0.39 is 12.0 Å². The zero-order valence-corrected chi connectivity index (χ0v) is 15.3. The minimum atomic E-state index is -0.766. The zero-order valence-electron chi connectivity index (χ0n) is 15.3. The third-order valence-corrected chi connectivity index (χ3v) is 5.46. The summed E-state index contributed by atoms with van der Waals surface area (Å²) in [6.45, 7) is 6.43. The smallest absolute Gasteiger partial charge is 0.320 e. The molecule has 2 aliphatic heterocycles. The van der Waals surface area contributed by atoms with E-state index in [-0.39, 0.29) is 11.6 Å². The zero-order chi connectivity index (χ0) is 18.0. The first-order valence-corrected chi connectivity index (χ1v) is 9.06. The van der Waals surface area contributed by atoms with Crippen molar-refractivity contribution in [3.8, 4) is 0 Å². The van der Waals surface area contributed by atoms with Crippen LogP contribution >= 0.6 is 0 Å². The second-order valence-electron chi connectivity index (χ2n) is 7.62. The first-order valence-electron chi connectivity index (χ1n) is 9.06. The molecule has 0 aliphatic carbocycles. The summed E-state index contributed by atoms with van der Waals surface area (Å²) >= 11 is 0. The van der Waals surface area contributed by atoms with Crippen LogP contribution in [0.3, 0.4) is 0 Å². The fourth-order valence-electron chi connectivity index (χ4n) is 4.06. The Hall–Kier alpha value is -2.07. The Labute approximate surface area is 150 Å². The highest BCUT2D eigenvalue weighted by Gasteiger charge is 2.54. The van der Waals surface area contributed by atoms with Crippen LogP contribution in [0.25, 0.3) is 0 Å². The van der Waals surface area contributed by atoms with Gasteiger partial charge < -0.3 is 10.4 Å². The van der Waals surface area contributed by atoms with E-state index in [4.69, 9.17) is 0 Å². The minimum absolute atomic E-state index is 0.0205. The predicted molar refractivity (Wildman–Crippen MR) is 102 cm³/mol. The monoisotopic (exact) mass is 340 g/mol. The van der Waals surface area contributed by atoms with Gasteiger partial charge in [-0.1, -0.05) is 41.5 Å². The molecule has 2 heterocycles. The number of benzene rings is 1. The number of fused-ring (bicyclic) bond motifs is 3. The second-order valence-corrected chi connectivity index (χ2v) is 7.62. The van der Waals surface area contributed by atoms with Crippen molar-refractivity contribution in [1.29, 1.82) is 0 Å². The number of anilines is 1. The molecule has 4 heteroatoms. The maximum Gasteiger partial charge on any atom is 0.320 e. The lowest BCUT2D eigenvalue weighted by atomic mass is 9.75. The Morgan fingerprint density at radius 1 is 1.28 bits per heavy atom. The quantitative estimate of drug-likeness (QED) is 0.679. The van der Waals surface area contributed by atoms with E-state index in [1.165, 1.54) is 16.7 Å². The molecule has 0 unspecified atom stereocenters. The summed E-state index contributed by atoms with van der Waals surface area (Å²) in [6, 6.07) is 7.80.